The van der Waals surface area contributed by atoms with E-state index in [0.29, 0.717) is 54.5 Å². The van der Waals surface area contributed by atoms with E-state index in [0.717, 1.165) is 12.8 Å². The van der Waals surface area contributed by atoms with Crippen molar-refractivity contribution in [2.24, 2.45) is 0 Å². The maximum Gasteiger partial charge on any atom is 0.257 e. The lowest BCUT2D eigenvalue weighted by atomic mass is 9.85. The van der Waals surface area contributed by atoms with Crippen molar-refractivity contribution in [3.63, 3.8) is 0 Å². The lowest BCUT2D eigenvalue weighted by Crippen LogP contribution is -2.28. The molecule has 0 spiro atoms. The average molecular weight is 329 g/mol. The van der Waals surface area contributed by atoms with Gasteiger partial charge in [0.2, 0.25) is 5.89 Å². The van der Waals surface area contributed by atoms with Crippen LogP contribution in [0.15, 0.2) is 22.7 Å². The minimum Gasteiger partial charge on any atom is -0.486 e. The van der Waals surface area contributed by atoms with Gasteiger partial charge < -0.3 is 18.9 Å². The number of rotatable bonds is 4. The molecule has 1 aromatic carbocycles. The summed E-state index contributed by atoms with van der Waals surface area (Å²) in [4.78, 5) is 18.7. The fourth-order valence-electron chi connectivity index (χ4n) is 2.88. The molecular formula is C17H19N3O4. The van der Waals surface area contributed by atoms with Gasteiger partial charge in [-0.25, -0.2) is 0 Å². The molecule has 4 rings (SSSR count). The number of amides is 1. The SMILES string of the molecule is CN(Cc1noc(C2CCC2)n1)C(=O)c1cccc2c1OCCO2. The first kappa shape index (κ1) is 15.0. The van der Waals surface area contributed by atoms with Gasteiger partial charge in [-0.05, 0) is 25.0 Å². The zero-order valence-corrected chi connectivity index (χ0v) is 13.5. The normalized spacial score (nSPS) is 16.5. The van der Waals surface area contributed by atoms with Gasteiger partial charge in [0, 0.05) is 13.0 Å². The van der Waals surface area contributed by atoms with Gasteiger partial charge in [0.15, 0.2) is 17.3 Å². The molecule has 7 heteroatoms. The van der Waals surface area contributed by atoms with Crippen molar-refractivity contribution in [3.8, 4) is 11.5 Å². The number of nitrogens with zero attached hydrogens (tertiary/aromatic N) is 3. The maximum atomic E-state index is 12.7. The lowest BCUT2D eigenvalue weighted by Gasteiger charge is -2.22. The van der Waals surface area contributed by atoms with Crippen molar-refractivity contribution in [3.05, 3.63) is 35.5 Å². The van der Waals surface area contributed by atoms with Crippen molar-refractivity contribution in [2.75, 3.05) is 20.3 Å². The van der Waals surface area contributed by atoms with E-state index in [9.17, 15) is 4.79 Å². The highest BCUT2D eigenvalue weighted by molar-refractivity contribution is 5.97. The van der Waals surface area contributed by atoms with Gasteiger partial charge in [0.25, 0.3) is 5.91 Å². The van der Waals surface area contributed by atoms with Crippen LogP contribution in [-0.2, 0) is 6.54 Å². The maximum absolute atomic E-state index is 12.7. The molecule has 0 unspecified atom stereocenters. The Morgan fingerprint density at radius 3 is 2.92 bits per heavy atom. The molecule has 0 radical (unpaired) electrons. The van der Waals surface area contributed by atoms with Crippen molar-refractivity contribution in [1.82, 2.24) is 15.0 Å². The third kappa shape index (κ3) is 2.70. The van der Waals surface area contributed by atoms with Crippen LogP contribution < -0.4 is 9.47 Å². The predicted octanol–water partition coefficient (Wildman–Crippen LogP) is 2.38. The molecular weight excluding hydrogens is 310 g/mol. The molecule has 1 aliphatic carbocycles. The van der Waals surface area contributed by atoms with E-state index in [1.807, 2.05) is 0 Å². The van der Waals surface area contributed by atoms with Crippen molar-refractivity contribution in [1.29, 1.82) is 0 Å². The molecule has 0 bridgehead atoms. The van der Waals surface area contributed by atoms with Gasteiger partial charge in [-0.15, -0.1) is 0 Å². The topological polar surface area (TPSA) is 77.7 Å². The van der Waals surface area contributed by atoms with E-state index in [2.05, 4.69) is 10.1 Å². The summed E-state index contributed by atoms with van der Waals surface area (Å²) in [7, 11) is 1.71. The Kier molecular flexibility index (Phi) is 3.84. The summed E-state index contributed by atoms with van der Waals surface area (Å²) >= 11 is 0. The van der Waals surface area contributed by atoms with E-state index < -0.39 is 0 Å². The number of carbonyl (C=O) groups excluding carboxylic acids is 1. The highest BCUT2D eigenvalue weighted by Gasteiger charge is 2.27. The minimum atomic E-state index is -0.160. The Morgan fingerprint density at radius 2 is 2.12 bits per heavy atom. The summed E-state index contributed by atoms with van der Waals surface area (Å²) < 4.78 is 16.4. The van der Waals surface area contributed by atoms with Crippen LogP contribution in [0.3, 0.4) is 0 Å². The van der Waals surface area contributed by atoms with Crippen LogP contribution in [0.5, 0.6) is 11.5 Å². The summed E-state index contributed by atoms with van der Waals surface area (Å²) in [6.07, 6.45) is 3.41. The second-order valence-corrected chi connectivity index (χ2v) is 6.17. The van der Waals surface area contributed by atoms with E-state index in [-0.39, 0.29) is 5.91 Å². The molecule has 2 aliphatic rings. The molecule has 1 aliphatic heterocycles. The summed E-state index contributed by atoms with van der Waals surface area (Å²) in [5.41, 5.74) is 0.484. The summed E-state index contributed by atoms with van der Waals surface area (Å²) in [6, 6.07) is 5.33. The third-order valence-corrected chi connectivity index (χ3v) is 4.46. The van der Waals surface area contributed by atoms with Gasteiger partial charge in [-0.3, -0.25) is 4.79 Å². The van der Waals surface area contributed by atoms with Gasteiger partial charge >= 0.3 is 0 Å². The van der Waals surface area contributed by atoms with Crippen LogP contribution >= 0.6 is 0 Å². The van der Waals surface area contributed by atoms with Gasteiger partial charge in [0.05, 0.1) is 12.1 Å². The Bertz CT molecular complexity index is 754. The van der Waals surface area contributed by atoms with Crippen LogP contribution in [0, 0.1) is 0 Å². The van der Waals surface area contributed by atoms with Gasteiger partial charge in [-0.1, -0.05) is 17.6 Å². The van der Waals surface area contributed by atoms with E-state index in [1.165, 1.54) is 6.42 Å². The third-order valence-electron chi connectivity index (χ3n) is 4.46. The Hall–Kier alpha value is -2.57. The van der Waals surface area contributed by atoms with Crippen LogP contribution in [0.4, 0.5) is 0 Å². The van der Waals surface area contributed by atoms with E-state index in [1.54, 1.807) is 30.1 Å². The largest absolute Gasteiger partial charge is 0.486 e. The van der Waals surface area contributed by atoms with Crippen molar-refractivity contribution < 1.29 is 18.8 Å². The second-order valence-electron chi connectivity index (χ2n) is 6.17. The molecule has 1 aromatic heterocycles. The number of hydrogen-bond donors (Lipinski definition) is 0. The molecule has 0 N–H and O–H groups in total. The van der Waals surface area contributed by atoms with Gasteiger partial charge in [-0.2, -0.15) is 4.98 Å². The minimum absolute atomic E-state index is 0.160. The Morgan fingerprint density at radius 1 is 1.29 bits per heavy atom. The van der Waals surface area contributed by atoms with Crippen LogP contribution in [0.1, 0.15) is 47.3 Å². The van der Waals surface area contributed by atoms with Crippen LogP contribution in [0.2, 0.25) is 0 Å². The van der Waals surface area contributed by atoms with Crippen molar-refractivity contribution in [2.45, 2.75) is 31.7 Å². The molecule has 7 nitrogen and oxygen atoms in total. The highest BCUT2D eigenvalue weighted by atomic mass is 16.6. The standard InChI is InChI=1S/C17H19N3O4/c1-20(10-14-18-16(24-19-14)11-4-2-5-11)17(21)12-6-3-7-13-15(12)23-9-8-22-13/h3,6-7,11H,2,4-5,8-10H2,1H3. The first-order chi connectivity index (χ1) is 11.7. The highest BCUT2D eigenvalue weighted by Crippen LogP contribution is 2.36. The smallest absolute Gasteiger partial charge is 0.257 e. The Balaban J connectivity index is 1.49. The number of aromatic nitrogens is 2. The van der Waals surface area contributed by atoms with Crippen LogP contribution in [0.25, 0.3) is 0 Å². The van der Waals surface area contributed by atoms with E-state index >= 15 is 0 Å². The molecule has 2 aromatic rings. The first-order valence-electron chi connectivity index (χ1n) is 8.19. The average Bonchev–Trinajstić information content (AvgIpc) is 2.99. The summed E-state index contributed by atoms with van der Waals surface area (Å²) in [5, 5.41) is 3.99. The molecule has 0 atom stereocenters. The van der Waals surface area contributed by atoms with Gasteiger partial charge in [0.1, 0.15) is 13.2 Å². The number of fused-ring (bicyclic) bond motifs is 1. The fourth-order valence-corrected chi connectivity index (χ4v) is 2.88. The molecule has 1 saturated carbocycles. The monoisotopic (exact) mass is 329 g/mol. The lowest BCUT2D eigenvalue weighted by molar-refractivity contribution is 0.0770. The number of carbonyl (C=O) groups is 1. The molecule has 126 valence electrons. The zero-order chi connectivity index (χ0) is 16.5. The number of para-hydroxylation sites is 1. The van der Waals surface area contributed by atoms with Crippen molar-refractivity contribution >= 4 is 5.91 Å². The summed E-state index contributed by atoms with van der Waals surface area (Å²) in [6.45, 7) is 1.23. The quantitative estimate of drug-likeness (QED) is 0.857. The molecule has 0 saturated heterocycles. The second kappa shape index (κ2) is 6.14. The Labute approximate surface area is 139 Å². The predicted molar refractivity (Wildman–Crippen MR) is 84.1 cm³/mol. The molecule has 1 amide bonds. The van der Waals surface area contributed by atoms with E-state index in [4.69, 9.17) is 14.0 Å². The molecule has 2 heterocycles. The summed E-state index contributed by atoms with van der Waals surface area (Å²) in [5.74, 6) is 2.54. The molecule has 1 fully saturated rings. The zero-order valence-electron chi connectivity index (χ0n) is 13.5. The number of benzene rings is 1. The fraction of sp³-hybridized carbons (Fsp3) is 0.471. The van der Waals surface area contributed by atoms with Crippen LogP contribution in [-0.4, -0.2) is 41.2 Å². The first-order valence-corrected chi connectivity index (χ1v) is 8.19. The number of ether oxygens (including phenoxy) is 2. The molecule has 24 heavy (non-hydrogen) atoms. The number of hydrogen-bond acceptors (Lipinski definition) is 6.